The topological polar surface area (TPSA) is 24.7 Å². The molecule has 0 amide bonds. The Morgan fingerprint density at radius 2 is 1.25 bits per heavy atom. The third kappa shape index (κ3) is 2.92. The van der Waals surface area contributed by atoms with Gasteiger partial charge in [-0.3, -0.25) is 0 Å². The summed E-state index contributed by atoms with van der Waals surface area (Å²) in [5, 5.41) is 0. The van der Waals surface area contributed by atoms with Crippen LogP contribution in [-0.4, -0.2) is 0 Å². The quantitative estimate of drug-likeness (QED) is 0.525. The van der Waals surface area contributed by atoms with Crippen LogP contribution in [0.5, 0.6) is 0 Å². The summed E-state index contributed by atoms with van der Waals surface area (Å²) in [4.78, 5) is 0. The van der Waals surface area contributed by atoms with Gasteiger partial charge in [-0.25, -0.2) is 0 Å². The Morgan fingerprint density at radius 1 is 1.00 bits per heavy atom. The molecule has 0 aromatic carbocycles. The molecule has 4 heavy (non-hydrogen) atoms. The van der Waals surface area contributed by atoms with Crippen molar-refractivity contribution in [2.45, 2.75) is 0 Å². The van der Waals surface area contributed by atoms with E-state index in [0.717, 1.165) is 0 Å². The summed E-state index contributed by atoms with van der Waals surface area (Å²) < 4.78 is 6.88. The van der Waals surface area contributed by atoms with E-state index in [1.807, 2.05) is 0 Å². The fraction of sp³-hybridized carbons (Fsp3) is 0. The minimum absolute atomic E-state index is 1.34. The first-order valence-corrected chi connectivity index (χ1v) is 2.97. The number of hydrogen-bond donors (Lipinski definition) is 0. The van der Waals surface area contributed by atoms with Gasteiger partial charge < -0.3 is 0 Å². The molecule has 0 aromatic rings. The minimum atomic E-state index is 1.34. The average Bonchev–Trinajstić information content (AvgIpc) is 1.37. The Hall–Kier alpha value is 0.925. The van der Waals surface area contributed by atoms with E-state index in [1.54, 1.807) is 0 Å². The normalized spacial score (nSPS) is 9.50. The molecule has 2 nitrogen and oxygen atoms in total. The maximum atomic E-state index is 3.44. The van der Waals surface area contributed by atoms with E-state index in [-0.39, 0.29) is 0 Å². The fourth-order valence-corrected chi connectivity index (χ4v) is 0. The van der Waals surface area contributed by atoms with Gasteiger partial charge in [0.25, 0.3) is 0 Å². The predicted molar refractivity (Wildman–Crippen MR) is 4.86 cm³/mol. The van der Waals surface area contributed by atoms with Crippen LogP contribution in [0.1, 0.15) is 0 Å². The second kappa shape index (κ2) is 3.92. The van der Waals surface area contributed by atoms with Gasteiger partial charge in [-0.2, -0.15) is 0 Å². The molecule has 0 N–H and O–H groups in total. The summed E-state index contributed by atoms with van der Waals surface area (Å²) in [5.74, 6) is 0. The van der Waals surface area contributed by atoms with Gasteiger partial charge in [0.05, 0.1) is 0 Å². The number of hydrogen-bond acceptors (Lipinski definition) is 2. The summed E-state index contributed by atoms with van der Waals surface area (Å²) in [6.45, 7) is 0. The summed E-state index contributed by atoms with van der Waals surface area (Å²) in [5.41, 5.74) is 0. The van der Waals surface area contributed by atoms with Crippen molar-refractivity contribution in [1.82, 2.24) is 0 Å². The van der Waals surface area contributed by atoms with E-state index >= 15 is 0 Å². The zero-order valence-electron chi connectivity index (χ0n) is 1.65. The molecule has 0 heterocycles. The van der Waals surface area contributed by atoms with Crippen LogP contribution < -0.4 is 0 Å². The Balaban J connectivity index is 2.55. The molecular formula is N2Re2. The third-order valence-electron chi connectivity index (χ3n) is 0.0286. The summed E-state index contributed by atoms with van der Waals surface area (Å²) >= 11 is 2.67. The van der Waals surface area contributed by atoms with Crippen molar-refractivity contribution in [3.05, 3.63) is 0 Å². The molecule has 0 aliphatic rings. The maximum absolute atomic E-state index is 3.44. The second-order valence-electron chi connectivity index (χ2n) is 0.151. The van der Waals surface area contributed by atoms with Crippen molar-refractivity contribution >= 4 is 0 Å². The molecule has 0 aromatic heterocycles. The molecule has 0 fully saturated rings. The third-order valence-corrected chi connectivity index (χ3v) is 1.91. The van der Waals surface area contributed by atoms with Crippen LogP contribution in [-0.2, 0) is 38.9 Å². The van der Waals surface area contributed by atoms with Crippen molar-refractivity contribution in [2.75, 3.05) is 0 Å². The van der Waals surface area contributed by atoms with Crippen LogP contribution >= 0.6 is 0 Å². The van der Waals surface area contributed by atoms with E-state index in [1.165, 1.54) is 38.9 Å². The van der Waals surface area contributed by atoms with E-state index in [9.17, 15) is 0 Å². The second-order valence-corrected chi connectivity index (χ2v) is 1.24. The van der Waals surface area contributed by atoms with Gasteiger partial charge in [0.15, 0.2) is 0 Å². The molecular weight excluding hydrogens is 400 g/mol. The van der Waals surface area contributed by atoms with Crippen LogP contribution in [0.2, 0.25) is 0 Å². The molecule has 4 heteroatoms. The molecule has 0 spiro atoms. The first-order valence-electron chi connectivity index (χ1n) is 0.538. The molecule has 0 bridgehead atoms. The Kier molecular flexibility index (Phi) is 4.83. The van der Waals surface area contributed by atoms with Gasteiger partial charge in [0.2, 0.25) is 0 Å². The fourth-order valence-electron chi connectivity index (χ4n) is 0. The van der Waals surface area contributed by atoms with Crippen LogP contribution in [0.25, 0.3) is 0 Å². The van der Waals surface area contributed by atoms with Gasteiger partial charge in [-0.1, -0.05) is 0 Å². The zero-order valence-corrected chi connectivity index (χ0v) is 7.08. The van der Waals surface area contributed by atoms with Gasteiger partial charge in [-0.15, -0.1) is 0 Å². The summed E-state index contributed by atoms with van der Waals surface area (Å²) in [7, 11) is 0. The molecule has 0 radical (unpaired) electrons. The summed E-state index contributed by atoms with van der Waals surface area (Å²) in [6, 6.07) is 0. The molecule has 0 aliphatic heterocycles. The van der Waals surface area contributed by atoms with Crippen LogP contribution in [0.15, 0.2) is 7.50 Å². The SMILES string of the molecule is [Re][N]=[N][Re]. The molecule has 0 saturated heterocycles. The van der Waals surface area contributed by atoms with Crippen molar-refractivity contribution in [3.8, 4) is 0 Å². The van der Waals surface area contributed by atoms with Crippen molar-refractivity contribution in [3.63, 3.8) is 0 Å². The van der Waals surface area contributed by atoms with E-state index in [4.69, 9.17) is 0 Å². The van der Waals surface area contributed by atoms with Crippen LogP contribution in [0.4, 0.5) is 0 Å². The first-order chi connectivity index (χ1) is 1.91. The first kappa shape index (κ1) is 4.92. The Labute approximate surface area is 46.4 Å². The van der Waals surface area contributed by atoms with Crippen molar-refractivity contribution in [2.24, 2.45) is 7.50 Å². The van der Waals surface area contributed by atoms with Crippen LogP contribution in [0, 0.1) is 0 Å². The van der Waals surface area contributed by atoms with Crippen molar-refractivity contribution in [1.29, 1.82) is 0 Å². The molecule has 0 aliphatic carbocycles. The van der Waals surface area contributed by atoms with E-state index in [0.29, 0.717) is 0 Å². The van der Waals surface area contributed by atoms with Gasteiger partial charge in [0, 0.05) is 0 Å². The van der Waals surface area contributed by atoms with Crippen LogP contribution in [0.3, 0.4) is 0 Å². The average molecular weight is 400 g/mol. The molecule has 0 unspecified atom stereocenters. The van der Waals surface area contributed by atoms with E-state index in [2.05, 4.69) is 7.50 Å². The molecule has 0 rings (SSSR count). The Morgan fingerprint density at radius 3 is 1.25 bits per heavy atom. The van der Waals surface area contributed by atoms with Gasteiger partial charge in [0.1, 0.15) is 0 Å². The van der Waals surface area contributed by atoms with Crippen molar-refractivity contribution < 1.29 is 38.9 Å². The molecule has 0 saturated carbocycles. The molecule has 0 atom stereocenters. The standard InChI is InChI=1S/N2.2Re/c1-2;;/q-2;2*+1. The predicted octanol–water partition coefficient (Wildman–Crippen LogP) is 0.362. The summed E-state index contributed by atoms with van der Waals surface area (Å²) in [6.07, 6.45) is 0. The number of nitrogens with zero attached hydrogens (tertiary/aromatic N) is 2. The van der Waals surface area contributed by atoms with E-state index < -0.39 is 0 Å². The Bertz CT molecular complexity index is 19.2. The zero-order chi connectivity index (χ0) is 3.41. The molecule has 24 valence electrons. The monoisotopic (exact) mass is 402 g/mol. The van der Waals surface area contributed by atoms with Gasteiger partial charge in [-0.05, 0) is 0 Å². The number of rotatable bonds is 0. The van der Waals surface area contributed by atoms with Gasteiger partial charge >= 0.3 is 46.4 Å².